The largest absolute Gasteiger partial charge is 0.452 e. The summed E-state index contributed by atoms with van der Waals surface area (Å²) in [7, 11) is 1.15. The second-order valence-corrected chi connectivity index (χ2v) is 7.34. The number of piperazine rings is 1. The highest BCUT2D eigenvalue weighted by Gasteiger charge is 2.36. The Morgan fingerprint density at radius 1 is 1.19 bits per heavy atom. The summed E-state index contributed by atoms with van der Waals surface area (Å²) in [5, 5.41) is 0. The van der Waals surface area contributed by atoms with Gasteiger partial charge in [-0.15, -0.1) is 0 Å². The summed E-state index contributed by atoms with van der Waals surface area (Å²) in [6.07, 6.45) is -2.30. The van der Waals surface area contributed by atoms with Gasteiger partial charge in [-0.3, -0.25) is 14.5 Å². The van der Waals surface area contributed by atoms with Crippen LogP contribution in [0, 0.1) is 5.82 Å². The maximum absolute atomic E-state index is 14.8. The molecule has 2 aliphatic heterocycles. The number of methoxy groups -OCH3 is 1. The highest BCUT2D eigenvalue weighted by molar-refractivity contribution is 5.92. The minimum atomic E-state index is -0.845. The number of hydrogen-bond acceptors (Lipinski definition) is 7. The van der Waals surface area contributed by atoms with E-state index in [9.17, 15) is 23.6 Å². The zero-order chi connectivity index (χ0) is 22.7. The molecular formula is C20H25FN4O6. The summed E-state index contributed by atoms with van der Waals surface area (Å²) < 4.78 is 24.6. The van der Waals surface area contributed by atoms with Gasteiger partial charge in [-0.1, -0.05) is 0 Å². The van der Waals surface area contributed by atoms with Gasteiger partial charge in [0.15, 0.2) is 0 Å². The molecule has 0 unspecified atom stereocenters. The maximum Gasteiger partial charge on any atom is 0.416 e. The summed E-state index contributed by atoms with van der Waals surface area (Å²) in [6, 6.07) is 4.45. The van der Waals surface area contributed by atoms with E-state index in [0.29, 0.717) is 37.6 Å². The number of amides is 4. The predicted molar refractivity (Wildman–Crippen MR) is 108 cm³/mol. The molecule has 11 heteroatoms. The Balaban J connectivity index is 1.67. The molecule has 1 aromatic rings. The van der Waals surface area contributed by atoms with Gasteiger partial charge in [0.2, 0.25) is 11.8 Å². The second-order valence-electron chi connectivity index (χ2n) is 7.34. The van der Waals surface area contributed by atoms with Crippen molar-refractivity contribution in [3.05, 3.63) is 24.0 Å². The lowest BCUT2D eigenvalue weighted by Gasteiger charge is -2.35. The summed E-state index contributed by atoms with van der Waals surface area (Å²) in [5.41, 5.74) is 0.702. The first-order chi connectivity index (χ1) is 14.7. The number of carbonyl (C=O) groups excluding carboxylic acids is 4. The fourth-order valence-corrected chi connectivity index (χ4v) is 3.66. The number of nitrogens with zero attached hydrogens (tertiary/aromatic N) is 4. The summed E-state index contributed by atoms with van der Waals surface area (Å²) in [5.74, 6) is -1.04. The van der Waals surface area contributed by atoms with Crippen LogP contribution in [0.15, 0.2) is 18.2 Å². The molecule has 1 atom stereocenters. The first-order valence-electron chi connectivity index (χ1n) is 9.85. The third-order valence-corrected chi connectivity index (χ3v) is 5.34. The van der Waals surface area contributed by atoms with Crippen molar-refractivity contribution in [3.63, 3.8) is 0 Å². The number of anilines is 2. The van der Waals surface area contributed by atoms with E-state index in [-0.39, 0.29) is 19.0 Å². The minimum Gasteiger partial charge on any atom is -0.452 e. The summed E-state index contributed by atoms with van der Waals surface area (Å²) >= 11 is 0. The van der Waals surface area contributed by atoms with Crippen LogP contribution >= 0.6 is 0 Å². The zero-order valence-electron chi connectivity index (χ0n) is 17.7. The molecule has 2 aliphatic rings. The molecule has 0 bridgehead atoms. The van der Waals surface area contributed by atoms with Gasteiger partial charge in [-0.25, -0.2) is 18.9 Å². The molecule has 0 aromatic heterocycles. The molecule has 4 amide bonds. The molecule has 2 saturated heterocycles. The van der Waals surface area contributed by atoms with Crippen molar-refractivity contribution in [1.82, 2.24) is 9.80 Å². The zero-order valence-corrected chi connectivity index (χ0v) is 17.7. The molecule has 2 fully saturated rings. The van der Waals surface area contributed by atoms with Crippen molar-refractivity contribution < 1.29 is 33.0 Å². The molecule has 168 valence electrons. The first kappa shape index (κ1) is 22.3. The lowest BCUT2D eigenvalue weighted by atomic mass is 10.2. The van der Waals surface area contributed by atoms with Crippen LogP contribution in [-0.4, -0.2) is 86.3 Å². The lowest BCUT2D eigenvalue weighted by Crippen LogP contribution is -2.48. The van der Waals surface area contributed by atoms with Crippen LogP contribution in [0.25, 0.3) is 0 Å². The van der Waals surface area contributed by atoms with E-state index in [0.717, 1.165) is 12.0 Å². The van der Waals surface area contributed by atoms with Gasteiger partial charge in [-0.05, 0) is 18.2 Å². The van der Waals surface area contributed by atoms with Crippen LogP contribution in [-0.2, 0) is 19.1 Å². The predicted octanol–water partition coefficient (Wildman–Crippen LogP) is 1.43. The highest BCUT2D eigenvalue weighted by atomic mass is 19.1. The average molecular weight is 436 g/mol. The van der Waals surface area contributed by atoms with Gasteiger partial charge in [0.25, 0.3) is 0 Å². The Kier molecular flexibility index (Phi) is 6.62. The minimum absolute atomic E-state index is 0.00638. The highest BCUT2D eigenvalue weighted by Crippen LogP contribution is 2.28. The Morgan fingerprint density at radius 2 is 1.87 bits per heavy atom. The summed E-state index contributed by atoms with van der Waals surface area (Å²) in [4.78, 5) is 52.8. The Labute approximate surface area is 179 Å². The average Bonchev–Trinajstić information content (AvgIpc) is 3.11. The topological polar surface area (TPSA) is 99.7 Å². The van der Waals surface area contributed by atoms with E-state index in [1.165, 1.54) is 24.8 Å². The van der Waals surface area contributed by atoms with Gasteiger partial charge in [-0.2, -0.15) is 0 Å². The van der Waals surface area contributed by atoms with Crippen molar-refractivity contribution in [3.8, 4) is 0 Å². The number of rotatable bonds is 4. The molecule has 10 nitrogen and oxygen atoms in total. The van der Waals surface area contributed by atoms with E-state index in [1.54, 1.807) is 17.0 Å². The number of benzene rings is 1. The van der Waals surface area contributed by atoms with Gasteiger partial charge < -0.3 is 19.3 Å². The number of carbonyl (C=O) groups is 4. The molecule has 1 aromatic carbocycles. The van der Waals surface area contributed by atoms with Crippen molar-refractivity contribution in [2.75, 3.05) is 56.2 Å². The SMILES string of the molecule is COC(=O)N(C[C@H]1CN(c2ccc(N3CCN(C(C)=O)CC3)c(F)c2)C(=O)O1)C(C)=O. The molecule has 0 aliphatic carbocycles. The van der Waals surface area contributed by atoms with Crippen molar-refractivity contribution >= 4 is 35.4 Å². The number of hydrogen-bond donors (Lipinski definition) is 0. The Bertz CT molecular complexity index is 886. The fourth-order valence-electron chi connectivity index (χ4n) is 3.66. The van der Waals surface area contributed by atoms with E-state index >= 15 is 0 Å². The van der Waals surface area contributed by atoms with Crippen LogP contribution in [0.5, 0.6) is 0 Å². The number of cyclic esters (lactones) is 1. The van der Waals surface area contributed by atoms with Gasteiger partial charge in [0.1, 0.15) is 11.9 Å². The Morgan fingerprint density at radius 3 is 2.42 bits per heavy atom. The van der Waals surface area contributed by atoms with E-state index in [1.807, 2.05) is 4.90 Å². The van der Waals surface area contributed by atoms with Crippen LogP contribution in [0.2, 0.25) is 0 Å². The molecule has 0 saturated carbocycles. The molecular weight excluding hydrogens is 411 g/mol. The van der Waals surface area contributed by atoms with Crippen molar-refractivity contribution in [2.24, 2.45) is 0 Å². The van der Waals surface area contributed by atoms with E-state index < -0.39 is 30.0 Å². The molecule has 0 radical (unpaired) electrons. The number of halogens is 1. The maximum atomic E-state index is 14.8. The molecule has 2 heterocycles. The van der Waals surface area contributed by atoms with E-state index in [2.05, 4.69) is 4.74 Å². The molecule has 0 N–H and O–H groups in total. The fraction of sp³-hybridized carbons (Fsp3) is 0.500. The third-order valence-electron chi connectivity index (χ3n) is 5.34. The normalized spacial score (nSPS) is 18.6. The smallest absolute Gasteiger partial charge is 0.416 e. The van der Waals surface area contributed by atoms with Gasteiger partial charge >= 0.3 is 12.2 Å². The third kappa shape index (κ3) is 4.86. The monoisotopic (exact) mass is 436 g/mol. The van der Waals surface area contributed by atoms with Gasteiger partial charge in [0, 0.05) is 40.0 Å². The van der Waals surface area contributed by atoms with Crippen molar-refractivity contribution in [2.45, 2.75) is 20.0 Å². The quantitative estimate of drug-likeness (QED) is 0.704. The lowest BCUT2D eigenvalue weighted by molar-refractivity contribution is -0.129. The number of ether oxygens (including phenoxy) is 2. The van der Waals surface area contributed by atoms with Crippen LogP contribution in [0.4, 0.5) is 25.4 Å². The first-order valence-corrected chi connectivity index (χ1v) is 9.85. The molecule has 3 rings (SSSR count). The number of imide groups is 1. The Hall–Kier alpha value is -3.37. The molecule has 0 spiro atoms. The second kappa shape index (κ2) is 9.19. The van der Waals surface area contributed by atoms with Crippen LogP contribution in [0.1, 0.15) is 13.8 Å². The standard InChI is InChI=1S/C20H25FN4O6/c1-13(26)22-6-8-23(9-7-22)18-5-4-15(10-17(18)21)25-12-16(31-20(25)29)11-24(14(2)27)19(28)30-3/h4-5,10,16H,6-9,11-12H2,1-3H3/t16-/m0/s1. The summed E-state index contributed by atoms with van der Waals surface area (Å²) in [6.45, 7) is 4.66. The van der Waals surface area contributed by atoms with Crippen LogP contribution in [0.3, 0.4) is 0 Å². The molecule has 31 heavy (non-hydrogen) atoms. The van der Waals surface area contributed by atoms with Gasteiger partial charge in [0.05, 0.1) is 31.6 Å². The van der Waals surface area contributed by atoms with Crippen molar-refractivity contribution in [1.29, 1.82) is 0 Å². The van der Waals surface area contributed by atoms with E-state index in [4.69, 9.17) is 4.74 Å². The van der Waals surface area contributed by atoms with Crippen LogP contribution < -0.4 is 9.80 Å².